The molecule has 1 rings (SSSR count). The summed E-state index contributed by atoms with van der Waals surface area (Å²) in [6, 6.07) is 0.433. The van der Waals surface area contributed by atoms with Crippen molar-refractivity contribution in [1.82, 2.24) is 10.2 Å². The molecule has 1 aliphatic rings. The maximum atomic E-state index is 11.2. The van der Waals surface area contributed by atoms with Crippen molar-refractivity contribution in [3.05, 3.63) is 0 Å². The quantitative estimate of drug-likeness (QED) is 0.620. The second-order valence-electron chi connectivity index (χ2n) is 3.00. The predicted octanol–water partition coefficient (Wildman–Crippen LogP) is 0.217. The van der Waals surface area contributed by atoms with Crippen LogP contribution in [0, 0.1) is 0 Å². The molecule has 0 saturated carbocycles. The van der Waals surface area contributed by atoms with Crippen LogP contribution in [0.1, 0.15) is 19.8 Å². The third kappa shape index (κ3) is 1.93. The van der Waals surface area contributed by atoms with Gasteiger partial charge in [0.2, 0.25) is 5.91 Å². The lowest BCUT2D eigenvalue weighted by atomic mass is 10.2. The lowest BCUT2D eigenvalue weighted by molar-refractivity contribution is -0.131. The SMILES string of the molecule is CCC(=O)N(C)[C@@H]1CCNC1. The molecule has 11 heavy (non-hydrogen) atoms. The first kappa shape index (κ1) is 8.53. The van der Waals surface area contributed by atoms with Crippen LogP contribution in [0.15, 0.2) is 0 Å². The van der Waals surface area contributed by atoms with E-state index in [0.29, 0.717) is 12.5 Å². The fraction of sp³-hybridized carbons (Fsp3) is 0.875. The fourth-order valence-electron chi connectivity index (χ4n) is 1.42. The van der Waals surface area contributed by atoms with Gasteiger partial charge in [-0.25, -0.2) is 0 Å². The van der Waals surface area contributed by atoms with E-state index in [9.17, 15) is 4.79 Å². The van der Waals surface area contributed by atoms with E-state index in [1.54, 1.807) is 0 Å². The summed E-state index contributed by atoms with van der Waals surface area (Å²) in [7, 11) is 1.89. The molecular formula is C8H16N2O. The van der Waals surface area contributed by atoms with Gasteiger partial charge in [-0.15, -0.1) is 0 Å². The molecule has 1 fully saturated rings. The van der Waals surface area contributed by atoms with Gasteiger partial charge in [0.1, 0.15) is 0 Å². The summed E-state index contributed by atoms with van der Waals surface area (Å²) in [5.74, 6) is 0.249. The zero-order valence-corrected chi connectivity index (χ0v) is 7.26. The summed E-state index contributed by atoms with van der Waals surface area (Å²) < 4.78 is 0. The molecule has 0 aliphatic carbocycles. The van der Waals surface area contributed by atoms with Crippen molar-refractivity contribution in [2.45, 2.75) is 25.8 Å². The normalized spacial score (nSPS) is 23.6. The Morgan fingerprint density at radius 3 is 2.91 bits per heavy atom. The van der Waals surface area contributed by atoms with E-state index in [4.69, 9.17) is 0 Å². The highest BCUT2D eigenvalue weighted by Crippen LogP contribution is 2.06. The molecule has 0 unspecified atom stereocenters. The number of carbonyl (C=O) groups is 1. The van der Waals surface area contributed by atoms with Crippen molar-refractivity contribution in [2.24, 2.45) is 0 Å². The molecule has 1 aliphatic heterocycles. The number of carbonyl (C=O) groups excluding carboxylic acids is 1. The van der Waals surface area contributed by atoms with Crippen LogP contribution in [0.25, 0.3) is 0 Å². The summed E-state index contributed by atoms with van der Waals surface area (Å²) in [6.45, 7) is 3.91. The zero-order valence-electron chi connectivity index (χ0n) is 7.26. The Morgan fingerprint density at radius 2 is 2.45 bits per heavy atom. The van der Waals surface area contributed by atoms with E-state index in [0.717, 1.165) is 19.5 Å². The Labute approximate surface area is 67.8 Å². The average Bonchev–Trinajstić information content (AvgIpc) is 2.53. The summed E-state index contributed by atoms with van der Waals surface area (Å²) in [5, 5.41) is 3.24. The molecule has 3 heteroatoms. The molecule has 1 saturated heterocycles. The average molecular weight is 156 g/mol. The van der Waals surface area contributed by atoms with Crippen LogP contribution in [0.5, 0.6) is 0 Å². The van der Waals surface area contributed by atoms with E-state index in [1.807, 2.05) is 18.9 Å². The third-order valence-corrected chi connectivity index (χ3v) is 2.28. The topological polar surface area (TPSA) is 32.3 Å². The fourth-order valence-corrected chi connectivity index (χ4v) is 1.42. The van der Waals surface area contributed by atoms with Gasteiger partial charge < -0.3 is 10.2 Å². The standard InChI is InChI=1S/C8H16N2O/c1-3-8(11)10(2)7-4-5-9-6-7/h7,9H,3-6H2,1-2H3/t7-/m1/s1. The van der Waals surface area contributed by atoms with Gasteiger partial charge in [0.25, 0.3) is 0 Å². The summed E-state index contributed by atoms with van der Waals surface area (Å²) >= 11 is 0. The van der Waals surface area contributed by atoms with E-state index in [1.165, 1.54) is 0 Å². The van der Waals surface area contributed by atoms with Gasteiger partial charge in [-0.05, 0) is 13.0 Å². The lowest BCUT2D eigenvalue weighted by Crippen LogP contribution is -2.37. The smallest absolute Gasteiger partial charge is 0.222 e. The molecule has 64 valence electrons. The molecule has 0 bridgehead atoms. The molecule has 0 aromatic heterocycles. The Balaban J connectivity index is 2.39. The van der Waals surface area contributed by atoms with Crippen LogP contribution in [-0.2, 0) is 4.79 Å². The number of hydrogen-bond donors (Lipinski definition) is 1. The van der Waals surface area contributed by atoms with Crippen LogP contribution in [0.2, 0.25) is 0 Å². The summed E-state index contributed by atoms with van der Waals surface area (Å²) in [6.07, 6.45) is 1.72. The highest BCUT2D eigenvalue weighted by Gasteiger charge is 2.21. The number of nitrogens with one attached hydrogen (secondary N) is 1. The van der Waals surface area contributed by atoms with Gasteiger partial charge in [-0.2, -0.15) is 0 Å². The number of amides is 1. The van der Waals surface area contributed by atoms with Crippen molar-refractivity contribution >= 4 is 5.91 Å². The summed E-state index contributed by atoms with van der Waals surface area (Å²) in [4.78, 5) is 13.1. The van der Waals surface area contributed by atoms with Gasteiger partial charge >= 0.3 is 0 Å². The zero-order chi connectivity index (χ0) is 8.27. The molecule has 1 heterocycles. The van der Waals surface area contributed by atoms with Crippen molar-refractivity contribution < 1.29 is 4.79 Å². The van der Waals surface area contributed by atoms with Crippen molar-refractivity contribution in [3.63, 3.8) is 0 Å². The Morgan fingerprint density at radius 1 is 1.73 bits per heavy atom. The van der Waals surface area contributed by atoms with Gasteiger partial charge in [0.15, 0.2) is 0 Å². The molecule has 1 atom stereocenters. The molecule has 0 spiro atoms. The first-order chi connectivity index (χ1) is 5.25. The Kier molecular flexibility index (Phi) is 2.88. The molecule has 0 radical (unpaired) electrons. The molecule has 0 aromatic rings. The van der Waals surface area contributed by atoms with Crippen LogP contribution in [0.4, 0.5) is 0 Å². The molecular weight excluding hydrogens is 140 g/mol. The second kappa shape index (κ2) is 3.72. The van der Waals surface area contributed by atoms with E-state index < -0.39 is 0 Å². The Hall–Kier alpha value is -0.570. The van der Waals surface area contributed by atoms with E-state index in [2.05, 4.69) is 5.32 Å². The summed E-state index contributed by atoms with van der Waals surface area (Å²) in [5.41, 5.74) is 0. The third-order valence-electron chi connectivity index (χ3n) is 2.28. The minimum absolute atomic E-state index is 0.249. The minimum Gasteiger partial charge on any atom is -0.341 e. The first-order valence-electron chi connectivity index (χ1n) is 4.22. The van der Waals surface area contributed by atoms with Crippen molar-refractivity contribution in [3.8, 4) is 0 Å². The first-order valence-corrected chi connectivity index (χ1v) is 4.22. The minimum atomic E-state index is 0.249. The number of rotatable bonds is 2. The van der Waals surface area contributed by atoms with Gasteiger partial charge in [0, 0.05) is 26.1 Å². The Bertz CT molecular complexity index is 141. The molecule has 0 aromatic carbocycles. The van der Waals surface area contributed by atoms with Crippen molar-refractivity contribution in [1.29, 1.82) is 0 Å². The molecule has 1 N–H and O–H groups in total. The van der Waals surface area contributed by atoms with E-state index >= 15 is 0 Å². The van der Waals surface area contributed by atoms with E-state index in [-0.39, 0.29) is 5.91 Å². The van der Waals surface area contributed by atoms with Gasteiger partial charge in [-0.3, -0.25) is 4.79 Å². The second-order valence-corrected chi connectivity index (χ2v) is 3.00. The predicted molar refractivity (Wildman–Crippen MR) is 44.3 cm³/mol. The number of nitrogens with zero attached hydrogens (tertiary/aromatic N) is 1. The van der Waals surface area contributed by atoms with Crippen molar-refractivity contribution in [2.75, 3.05) is 20.1 Å². The number of likely N-dealkylation sites (N-methyl/N-ethyl adjacent to an activating group) is 1. The maximum Gasteiger partial charge on any atom is 0.222 e. The van der Waals surface area contributed by atoms with Crippen LogP contribution < -0.4 is 5.32 Å². The van der Waals surface area contributed by atoms with Gasteiger partial charge in [-0.1, -0.05) is 6.92 Å². The highest BCUT2D eigenvalue weighted by atomic mass is 16.2. The van der Waals surface area contributed by atoms with Crippen LogP contribution >= 0.6 is 0 Å². The largest absolute Gasteiger partial charge is 0.341 e. The lowest BCUT2D eigenvalue weighted by Gasteiger charge is -2.22. The maximum absolute atomic E-state index is 11.2. The number of hydrogen-bond acceptors (Lipinski definition) is 2. The molecule has 3 nitrogen and oxygen atoms in total. The molecule has 1 amide bonds. The van der Waals surface area contributed by atoms with Crippen LogP contribution in [-0.4, -0.2) is 37.0 Å². The highest BCUT2D eigenvalue weighted by molar-refractivity contribution is 5.75. The monoisotopic (exact) mass is 156 g/mol. The van der Waals surface area contributed by atoms with Crippen LogP contribution in [0.3, 0.4) is 0 Å². The van der Waals surface area contributed by atoms with Gasteiger partial charge in [0.05, 0.1) is 0 Å².